The van der Waals surface area contributed by atoms with Gasteiger partial charge < -0.3 is 4.74 Å². The summed E-state index contributed by atoms with van der Waals surface area (Å²) in [5.74, 6) is 0.0596. The average molecular weight is 216 g/mol. The van der Waals surface area contributed by atoms with Crippen molar-refractivity contribution in [3.05, 3.63) is 30.1 Å². The van der Waals surface area contributed by atoms with Crippen LogP contribution >= 0.6 is 0 Å². The molecule has 1 rings (SSSR count). The largest absolute Gasteiger partial charge is 0.381 e. The molecule has 0 amide bonds. The molecule has 14 heavy (non-hydrogen) atoms. The topological polar surface area (TPSA) is 26.3 Å². The van der Waals surface area contributed by atoms with Gasteiger partial charge in [-0.25, -0.2) is 4.39 Å². The zero-order chi connectivity index (χ0) is 10.4. The SMILES string of the molecule is CCOCCS(=O)c1cccc(F)c1. The van der Waals surface area contributed by atoms with Crippen LogP contribution in [0.5, 0.6) is 0 Å². The van der Waals surface area contributed by atoms with Crippen LogP contribution < -0.4 is 0 Å². The van der Waals surface area contributed by atoms with Gasteiger partial charge in [0.05, 0.1) is 23.2 Å². The lowest BCUT2D eigenvalue weighted by molar-refractivity contribution is 0.164. The minimum absolute atomic E-state index is 0.354. The van der Waals surface area contributed by atoms with Crippen molar-refractivity contribution < 1.29 is 13.3 Å². The van der Waals surface area contributed by atoms with Gasteiger partial charge in [-0.3, -0.25) is 4.21 Å². The summed E-state index contributed by atoms with van der Waals surface area (Å²) in [5.41, 5.74) is 0. The van der Waals surface area contributed by atoms with Crippen LogP contribution in [0.25, 0.3) is 0 Å². The highest BCUT2D eigenvalue weighted by Gasteiger charge is 2.03. The molecule has 0 saturated carbocycles. The van der Waals surface area contributed by atoms with Crippen LogP contribution in [0.15, 0.2) is 29.2 Å². The summed E-state index contributed by atoms with van der Waals surface area (Å²) < 4.78 is 29.4. The van der Waals surface area contributed by atoms with Crippen LogP contribution in [0.3, 0.4) is 0 Å². The van der Waals surface area contributed by atoms with E-state index in [1.807, 2.05) is 6.92 Å². The van der Waals surface area contributed by atoms with Gasteiger partial charge in [0.25, 0.3) is 0 Å². The van der Waals surface area contributed by atoms with E-state index in [0.29, 0.717) is 23.9 Å². The van der Waals surface area contributed by atoms with Crippen LogP contribution in [-0.4, -0.2) is 23.2 Å². The predicted octanol–water partition coefficient (Wildman–Crippen LogP) is 1.97. The zero-order valence-corrected chi connectivity index (χ0v) is 8.85. The van der Waals surface area contributed by atoms with Crippen molar-refractivity contribution in [2.24, 2.45) is 0 Å². The van der Waals surface area contributed by atoms with E-state index < -0.39 is 10.8 Å². The van der Waals surface area contributed by atoms with Crippen molar-refractivity contribution in [2.45, 2.75) is 11.8 Å². The number of ether oxygens (including phenoxy) is 1. The highest BCUT2D eigenvalue weighted by molar-refractivity contribution is 7.85. The predicted molar refractivity (Wildman–Crippen MR) is 54.2 cm³/mol. The van der Waals surface area contributed by atoms with E-state index in [1.54, 1.807) is 12.1 Å². The maximum atomic E-state index is 12.8. The van der Waals surface area contributed by atoms with Crippen molar-refractivity contribution in [1.29, 1.82) is 0 Å². The summed E-state index contributed by atoms with van der Waals surface area (Å²) in [6.07, 6.45) is 0. The van der Waals surface area contributed by atoms with Crippen LogP contribution in [0.1, 0.15) is 6.92 Å². The van der Waals surface area contributed by atoms with E-state index in [-0.39, 0.29) is 5.82 Å². The minimum Gasteiger partial charge on any atom is -0.381 e. The van der Waals surface area contributed by atoms with Crippen molar-refractivity contribution in [3.63, 3.8) is 0 Å². The Morgan fingerprint density at radius 2 is 2.29 bits per heavy atom. The second-order valence-electron chi connectivity index (χ2n) is 2.70. The smallest absolute Gasteiger partial charge is 0.124 e. The summed E-state index contributed by atoms with van der Waals surface area (Å²) in [7, 11) is -1.16. The molecule has 2 nitrogen and oxygen atoms in total. The average Bonchev–Trinajstić information content (AvgIpc) is 2.18. The first-order chi connectivity index (χ1) is 6.74. The Kier molecular flexibility index (Phi) is 4.76. The summed E-state index contributed by atoms with van der Waals surface area (Å²) in [6.45, 7) is 2.94. The van der Waals surface area contributed by atoms with Gasteiger partial charge >= 0.3 is 0 Å². The van der Waals surface area contributed by atoms with Gasteiger partial charge in [0.2, 0.25) is 0 Å². The molecule has 4 heteroatoms. The Bertz CT molecular complexity index is 315. The summed E-state index contributed by atoms with van der Waals surface area (Å²) in [5, 5.41) is 0. The zero-order valence-electron chi connectivity index (χ0n) is 8.03. The van der Waals surface area contributed by atoms with Crippen molar-refractivity contribution >= 4 is 10.8 Å². The van der Waals surface area contributed by atoms with Crippen molar-refractivity contribution in [2.75, 3.05) is 19.0 Å². The van der Waals surface area contributed by atoms with E-state index in [9.17, 15) is 8.60 Å². The number of halogens is 1. The van der Waals surface area contributed by atoms with E-state index in [2.05, 4.69) is 0 Å². The standard InChI is InChI=1S/C10H13FO2S/c1-2-13-6-7-14(12)10-5-3-4-9(11)8-10/h3-5,8H,2,6-7H2,1H3. The Labute approximate surface area is 85.5 Å². The molecule has 1 aromatic rings. The van der Waals surface area contributed by atoms with Gasteiger partial charge in [-0.15, -0.1) is 0 Å². The minimum atomic E-state index is -1.16. The molecule has 0 aliphatic heterocycles. The molecule has 0 saturated heterocycles. The Balaban J connectivity index is 2.52. The Hall–Kier alpha value is -0.740. The van der Waals surface area contributed by atoms with Crippen molar-refractivity contribution in [1.82, 2.24) is 0 Å². The molecule has 1 aromatic carbocycles. The van der Waals surface area contributed by atoms with E-state index >= 15 is 0 Å². The summed E-state index contributed by atoms with van der Waals surface area (Å²) in [6, 6.07) is 5.85. The molecule has 1 unspecified atom stereocenters. The molecule has 78 valence electrons. The van der Waals surface area contributed by atoms with Gasteiger partial charge in [-0.1, -0.05) is 6.07 Å². The van der Waals surface area contributed by atoms with E-state index in [0.717, 1.165) is 0 Å². The molecule has 0 fully saturated rings. The molecule has 0 bridgehead atoms. The first kappa shape index (κ1) is 11.3. The molecule has 0 aliphatic rings. The second-order valence-corrected chi connectivity index (χ2v) is 4.27. The van der Waals surface area contributed by atoms with Gasteiger partial charge in [-0.05, 0) is 25.1 Å². The first-order valence-electron chi connectivity index (χ1n) is 4.45. The lowest BCUT2D eigenvalue weighted by Gasteiger charge is -2.02. The second kappa shape index (κ2) is 5.88. The molecule has 0 radical (unpaired) electrons. The number of hydrogen-bond donors (Lipinski definition) is 0. The summed E-state index contributed by atoms with van der Waals surface area (Å²) >= 11 is 0. The molecule has 0 spiro atoms. The number of benzene rings is 1. The lowest BCUT2D eigenvalue weighted by Crippen LogP contribution is -2.06. The fourth-order valence-corrected chi connectivity index (χ4v) is 1.98. The number of rotatable bonds is 5. The molecular formula is C10H13FO2S. The third kappa shape index (κ3) is 3.55. The van der Waals surface area contributed by atoms with E-state index in [1.165, 1.54) is 12.1 Å². The first-order valence-corrected chi connectivity index (χ1v) is 5.77. The summed E-state index contributed by atoms with van der Waals surface area (Å²) in [4.78, 5) is 0.518. The van der Waals surface area contributed by atoms with Gasteiger partial charge in [0, 0.05) is 11.5 Å². The third-order valence-corrected chi connectivity index (χ3v) is 2.99. The normalized spacial score (nSPS) is 12.7. The molecule has 0 heterocycles. The molecule has 0 N–H and O–H groups in total. The molecule has 1 atom stereocenters. The number of hydrogen-bond acceptors (Lipinski definition) is 2. The monoisotopic (exact) mass is 216 g/mol. The third-order valence-electron chi connectivity index (χ3n) is 1.68. The Morgan fingerprint density at radius 3 is 2.93 bits per heavy atom. The van der Waals surface area contributed by atoms with Crippen LogP contribution in [0.2, 0.25) is 0 Å². The quantitative estimate of drug-likeness (QED) is 0.703. The lowest BCUT2D eigenvalue weighted by atomic mass is 10.4. The highest BCUT2D eigenvalue weighted by atomic mass is 32.2. The van der Waals surface area contributed by atoms with Crippen LogP contribution in [0, 0.1) is 5.82 Å². The van der Waals surface area contributed by atoms with Gasteiger partial charge in [-0.2, -0.15) is 0 Å². The molecule has 0 aliphatic carbocycles. The van der Waals surface area contributed by atoms with E-state index in [4.69, 9.17) is 4.74 Å². The van der Waals surface area contributed by atoms with Crippen LogP contribution in [0.4, 0.5) is 4.39 Å². The molecule has 0 aromatic heterocycles. The van der Waals surface area contributed by atoms with Gasteiger partial charge in [0.1, 0.15) is 5.82 Å². The molecular weight excluding hydrogens is 203 g/mol. The van der Waals surface area contributed by atoms with Gasteiger partial charge in [0.15, 0.2) is 0 Å². The maximum Gasteiger partial charge on any atom is 0.124 e. The highest BCUT2D eigenvalue weighted by Crippen LogP contribution is 2.08. The fourth-order valence-electron chi connectivity index (χ4n) is 1.01. The van der Waals surface area contributed by atoms with Crippen LogP contribution in [-0.2, 0) is 15.5 Å². The fraction of sp³-hybridized carbons (Fsp3) is 0.400. The maximum absolute atomic E-state index is 12.8. The Morgan fingerprint density at radius 1 is 1.50 bits per heavy atom. The van der Waals surface area contributed by atoms with Crippen molar-refractivity contribution in [3.8, 4) is 0 Å².